The zero-order chi connectivity index (χ0) is 15.1. The quantitative estimate of drug-likeness (QED) is 0.781. The number of anilines is 1. The molecule has 2 rings (SSSR count). The Labute approximate surface area is 126 Å². The van der Waals surface area contributed by atoms with Crippen molar-refractivity contribution in [3.8, 4) is 0 Å². The molecule has 1 aliphatic heterocycles. The van der Waals surface area contributed by atoms with Crippen LogP contribution in [0.1, 0.15) is 18.0 Å². The van der Waals surface area contributed by atoms with Crippen LogP contribution in [0.2, 0.25) is 10.0 Å². The molecule has 2 atom stereocenters. The first-order chi connectivity index (χ1) is 9.17. The summed E-state index contributed by atoms with van der Waals surface area (Å²) >= 11 is 12.0. The minimum absolute atomic E-state index is 0.0523. The highest BCUT2D eigenvalue weighted by molar-refractivity contribution is 7.88. The van der Waals surface area contributed by atoms with E-state index >= 15 is 0 Å². The monoisotopic (exact) mass is 338 g/mol. The first-order valence-corrected chi connectivity index (χ1v) is 8.27. The van der Waals surface area contributed by atoms with Gasteiger partial charge in [0.15, 0.2) is 0 Å². The second-order valence-corrected chi connectivity index (χ2v) is 7.19. The summed E-state index contributed by atoms with van der Waals surface area (Å²) < 4.78 is 25.2. The van der Waals surface area contributed by atoms with E-state index in [9.17, 15) is 13.2 Å². The third-order valence-corrected chi connectivity index (χ3v) is 4.14. The Morgan fingerprint density at radius 1 is 1.45 bits per heavy atom. The third kappa shape index (κ3) is 3.35. The second kappa shape index (κ2) is 5.40. The lowest BCUT2D eigenvalue weighted by Gasteiger charge is -2.32. The van der Waals surface area contributed by atoms with E-state index in [0.29, 0.717) is 16.3 Å². The summed E-state index contributed by atoms with van der Waals surface area (Å²) in [7, 11) is -3.50. The molecule has 0 radical (unpaired) electrons. The number of carbonyl (C=O) groups is 1. The lowest BCUT2D eigenvalue weighted by Crippen LogP contribution is -2.40. The summed E-state index contributed by atoms with van der Waals surface area (Å²) in [6.45, 7) is 0. The van der Waals surface area contributed by atoms with Crippen molar-refractivity contribution in [3.05, 3.63) is 27.7 Å². The predicted octanol–water partition coefficient (Wildman–Crippen LogP) is 1.85. The molecule has 0 bridgehead atoms. The molecule has 3 N–H and O–H groups in total. The van der Waals surface area contributed by atoms with Crippen molar-refractivity contribution in [2.24, 2.45) is 0 Å². The fourth-order valence-corrected chi connectivity index (χ4v) is 3.54. The average molecular weight is 339 g/mol. The van der Waals surface area contributed by atoms with Gasteiger partial charge in [0.1, 0.15) is 6.04 Å². The largest absolute Gasteiger partial charge is 0.480 e. The van der Waals surface area contributed by atoms with Gasteiger partial charge in [-0.25, -0.2) is 17.9 Å². The van der Waals surface area contributed by atoms with Gasteiger partial charge < -0.3 is 10.4 Å². The number of halogens is 2. The van der Waals surface area contributed by atoms with Crippen LogP contribution in [0.3, 0.4) is 0 Å². The smallest absolute Gasteiger partial charge is 0.326 e. The molecule has 110 valence electrons. The minimum Gasteiger partial charge on any atom is -0.480 e. The van der Waals surface area contributed by atoms with E-state index in [1.54, 1.807) is 0 Å². The Balaban J connectivity index is 2.50. The van der Waals surface area contributed by atoms with Gasteiger partial charge in [-0.1, -0.05) is 23.2 Å². The number of hydrogen-bond donors (Lipinski definition) is 3. The molecule has 6 nitrogen and oxygen atoms in total. The van der Waals surface area contributed by atoms with Crippen molar-refractivity contribution in [3.63, 3.8) is 0 Å². The maximum Gasteiger partial charge on any atom is 0.326 e. The predicted molar refractivity (Wildman–Crippen MR) is 76.8 cm³/mol. The van der Waals surface area contributed by atoms with Gasteiger partial charge in [0.05, 0.1) is 12.3 Å². The zero-order valence-corrected chi connectivity index (χ0v) is 12.7. The van der Waals surface area contributed by atoms with Gasteiger partial charge in [0.2, 0.25) is 10.0 Å². The van der Waals surface area contributed by atoms with E-state index in [2.05, 4.69) is 10.0 Å². The molecule has 0 aliphatic carbocycles. The normalized spacial score (nSPS) is 21.9. The maximum absolute atomic E-state index is 11.4. The molecule has 2 unspecified atom stereocenters. The van der Waals surface area contributed by atoms with Crippen LogP contribution < -0.4 is 10.0 Å². The molecule has 20 heavy (non-hydrogen) atoms. The molecule has 1 aromatic carbocycles. The van der Waals surface area contributed by atoms with Crippen LogP contribution in [0.25, 0.3) is 0 Å². The lowest BCUT2D eigenvalue weighted by molar-refractivity contribution is -0.138. The van der Waals surface area contributed by atoms with Crippen molar-refractivity contribution < 1.29 is 18.3 Å². The Bertz CT molecular complexity index is 663. The molecule has 0 fully saturated rings. The highest BCUT2D eigenvalue weighted by Gasteiger charge is 2.33. The van der Waals surface area contributed by atoms with E-state index in [-0.39, 0.29) is 11.4 Å². The first kappa shape index (κ1) is 15.4. The zero-order valence-electron chi connectivity index (χ0n) is 10.4. The van der Waals surface area contributed by atoms with Gasteiger partial charge in [-0.2, -0.15) is 0 Å². The van der Waals surface area contributed by atoms with Crippen molar-refractivity contribution in [1.29, 1.82) is 0 Å². The number of sulfonamides is 1. The number of benzene rings is 1. The Morgan fingerprint density at radius 2 is 2.10 bits per heavy atom. The standard InChI is InChI=1S/C11H12Cl2N2O4S/c1-20(18,19)15-8-4-9(11(16)17)14-7-3-5(12)2-6(13)10(7)8/h2-3,8-9,14-15H,4H2,1H3,(H,16,17). The molecule has 0 spiro atoms. The molecular formula is C11H12Cl2N2O4S. The van der Waals surface area contributed by atoms with Gasteiger partial charge >= 0.3 is 5.97 Å². The van der Waals surface area contributed by atoms with Gasteiger partial charge in [-0.3, -0.25) is 0 Å². The summed E-state index contributed by atoms with van der Waals surface area (Å²) in [4.78, 5) is 11.1. The van der Waals surface area contributed by atoms with Crippen LogP contribution in [-0.2, 0) is 14.8 Å². The van der Waals surface area contributed by atoms with Crippen LogP contribution in [0.15, 0.2) is 12.1 Å². The molecule has 0 saturated heterocycles. The first-order valence-electron chi connectivity index (χ1n) is 5.63. The molecule has 0 saturated carbocycles. The van der Waals surface area contributed by atoms with Crippen LogP contribution in [0.5, 0.6) is 0 Å². The average Bonchev–Trinajstić information content (AvgIpc) is 2.24. The molecule has 0 aromatic heterocycles. The number of carboxylic acid groups (broad SMARTS) is 1. The van der Waals surface area contributed by atoms with Crippen LogP contribution in [0.4, 0.5) is 5.69 Å². The number of nitrogens with one attached hydrogen (secondary N) is 2. The topological polar surface area (TPSA) is 95.5 Å². The molecule has 0 amide bonds. The second-order valence-electron chi connectivity index (χ2n) is 4.56. The highest BCUT2D eigenvalue weighted by atomic mass is 35.5. The molecule has 9 heteroatoms. The van der Waals surface area contributed by atoms with Crippen LogP contribution in [0, 0.1) is 0 Å². The lowest BCUT2D eigenvalue weighted by atomic mass is 9.93. The van der Waals surface area contributed by atoms with E-state index in [1.807, 2.05) is 0 Å². The SMILES string of the molecule is CS(=O)(=O)NC1CC(C(=O)O)Nc2cc(Cl)cc(Cl)c21. The Hall–Kier alpha value is -1.02. The maximum atomic E-state index is 11.4. The van der Waals surface area contributed by atoms with E-state index in [0.717, 1.165) is 6.26 Å². The van der Waals surface area contributed by atoms with E-state index in [1.165, 1.54) is 12.1 Å². The number of carboxylic acids is 1. The summed E-state index contributed by atoms with van der Waals surface area (Å²) in [6.07, 6.45) is 1.06. The minimum atomic E-state index is -3.50. The summed E-state index contributed by atoms with van der Waals surface area (Å²) in [5, 5.41) is 12.5. The Kier molecular flexibility index (Phi) is 4.15. The highest BCUT2D eigenvalue weighted by Crippen LogP contribution is 2.40. The number of rotatable bonds is 3. The number of fused-ring (bicyclic) bond motifs is 1. The summed E-state index contributed by atoms with van der Waals surface area (Å²) in [6, 6.07) is 1.37. The van der Waals surface area contributed by atoms with E-state index < -0.39 is 28.1 Å². The molecule has 1 heterocycles. The molecular weight excluding hydrogens is 327 g/mol. The Morgan fingerprint density at radius 3 is 2.65 bits per heavy atom. The van der Waals surface area contributed by atoms with Crippen LogP contribution in [-0.4, -0.2) is 31.8 Å². The number of aliphatic carboxylic acids is 1. The fraction of sp³-hybridized carbons (Fsp3) is 0.364. The third-order valence-electron chi connectivity index (χ3n) is 2.90. The fourth-order valence-electron chi connectivity index (χ4n) is 2.19. The summed E-state index contributed by atoms with van der Waals surface area (Å²) in [5.74, 6) is -1.08. The molecule has 1 aliphatic rings. The van der Waals surface area contributed by atoms with Crippen molar-refractivity contribution in [2.75, 3.05) is 11.6 Å². The van der Waals surface area contributed by atoms with E-state index in [4.69, 9.17) is 28.3 Å². The van der Waals surface area contributed by atoms with Gasteiger partial charge in [0, 0.05) is 21.3 Å². The van der Waals surface area contributed by atoms with Crippen molar-refractivity contribution in [2.45, 2.75) is 18.5 Å². The van der Waals surface area contributed by atoms with Crippen molar-refractivity contribution >= 4 is 44.9 Å². The van der Waals surface area contributed by atoms with Crippen LogP contribution >= 0.6 is 23.2 Å². The van der Waals surface area contributed by atoms with Gasteiger partial charge in [-0.15, -0.1) is 0 Å². The number of hydrogen-bond acceptors (Lipinski definition) is 4. The van der Waals surface area contributed by atoms with Crippen molar-refractivity contribution in [1.82, 2.24) is 4.72 Å². The summed E-state index contributed by atoms with van der Waals surface area (Å²) in [5.41, 5.74) is 0.918. The molecule has 1 aromatic rings. The van der Waals surface area contributed by atoms with Gasteiger partial charge in [-0.05, 0) is 18.6 Å². The van der Waals surface area contributed by atoms with Gasteiger partial charge in [0.25, 0.3) is 0 Å².